The van der Waals surface area contributed by atoms with Gasteiger partial charge in [0.1, 0.15) is 0 Å². The molecule has 0 amide bonds. The number of nitrogens with zero attached hydrogens (tertiary/aromatic N) is 4. The Morgan fingerprint density at radius 1 is 0.232 bits per heavy atom. The molecule has 262 valence electrons. The fourth-order valence-electron chi connectivity index (χ4n) is 7.44. The summed E-state index contributed by atoms with van der Waals surface area (Å²) in [6.07, 6.45) is 3.67. The molecular weight excluding hydrogens is 681 g/mol. The van der Waals surface area contributed by atoms with Gasteiger partial charge in [0.25, 0.3) is 0 Å². The van der Waals surface area contributed by atoms with Crippen LogP contribution in [-0.2, 0) is 0 Å². The Kier molecular flexibility index (Phi) is 8.47. The first-order valence-electron chi connectivity index (χ1n) is 18.8. The second-order valence-electron chi connectivity index (χ2n) is 14.0. The van der Waals surface area contributed by atoms with Crippen molar-refractivity contribution in [3.63, 3.8) is 0 Å². The first-order chi connectivity index (χ1) is 27.7. The summed E-state index contributed by atoms with van der Waals surface area (Å²) >= 11 is 0. The van der Waals surface area contributed by atoms with Crippen molar-refractivity contribution in [2.24, 2.45) is 0 Å². The molecule has 0 aliphatic carbocycles. The highest BCUT2D eigenvalue weighted by Crippen LogP contribution is 2.37. The van der Waals surface area contributed by atoms with Crippen molar-refractivity contribution >= 4 is 21.5 Å². The molecule has 0 N–H and O–H groups in total. The second-order valence-corrected chi connectivity index (χ2v) is 14.0. The van der Waals surface area contributed by atoms with E-state index >= 15 is 0 Å². The molecule has 10 rings (SSSR count). The third kappa shape index (κ3) is 6.61. The van der Waals surface area contributed by atoms with E-state index in [1.807, 2.05) is 48.8 Å². The smallest absolute Gasteiger partial charge is 0.160 e. The summed E-state index contributed by atoms with van der Waals surface area (Å²) in [5.74, 6) is 0.656. The molecule has 0 atom stereocenters. The van der Waals surface area contributed by atoms with Crippen LogP contribution < -0.4 is 0 Å². The van der Waals surface area contributed by atoms with Crippen molar-refractivity contribution in [2.45, 2.75) is 0 Å². The highest BCUT2D eigenvalue weighted by atomic mass is 14.9. The third-order valence-electron chi connectivity index (χ3n) is 10.3. The van der Waals surface area contributed by atoms with Crippen molar-refractivity contribution in [3.05, 3.63) is 207 Å². The molecule has 56 heavy (non-hydrogen) atoms. The summed E-state index contributed by atoms with van der Waals surface area (Å²) in [7, 11) is 0. The number of rotatable bonds is 7. The van der Waals surface area contributed by atoms with Gasteiger partial charge in [0, 0.05) is 40.2 Å². The number of aromatic nitrogens is 4. The highest BCUT2D eigenvalue weighted by molar-refractivity contribution is 5.90. The predicted octanol–water partition coefficient (Wildman–Crippen LogP) is 13.2. The first-order valence-corrected chi connectivity index (χ1v) is 18.8. The lowest BCUT2D eigenvalue weighted by atomic mass is 9.93. The minimum atomic E-state index is 0.656. The molecular formula is C52H34N4. The Bertz CT molecular complexity index is 2830. The lowest BCUT2D eigenvalue weighted by Gasteiger charge is -2.14. The Labute approximate surface area is 325 Å². The molecule has 0 unspecified atom stereocenters. The Morgan fingerprint density at radius 3 is 1.12 bits per heavy atom. The van der Waals surface area contributed by atoms with E-state index < -0.39 is 0 Å². The van der Waals surface area contributed by atoms with Gasteiger partial charge < -0.3 is 0 Å². The monoisotopic (exact) mass is 714 g/mol. The topological polar surface area (TPSA) is 51.6 Å². The van der Waals surface area contributed by atoms with Gasteiger partial charge in [0.2, 0.25) is 0 Å². The van der Waals surface area contributed by atoms with E-state index in [1.165, 1.54) is 21.5 Å². The molecule has 3 heterocycles. The van der Waals surface area contributed by atoms with Gasteiger partial charge in [-0.3, -0.25) is 9.97 Å². The van der Waals surface area contributed by atoms with E-state index in [1.54, 1.807) is 0 Å². The number of hydrogen-bond donors (Lipinski definition) is 0. The van der Waals surface area contributed by atoms with Crippen molar-refractivity contribution in [1.29, 1.82) is 0 Å². The second kappa shape index (κ2) is 14.3. The highest BCUT2D eigenvalue weighted by Gasteiger charge is 2.16. The van der Waals surface area contributed by atoms with E-state index in [0.29, 0.717) is 5.82 Å². The van der Waals surface area contributed by atoms with Crippen molar-refractivity contribution < 1.29 is 0 Å². The molecule has 0 spiro atoms. The Hall–Kier alpha value is -7.56. The summed E-state index contributed by atoms with van der Waals surface area (Å²) in [6.45, 7) is 0. The summed E-state index contributed by atoms with van der Waals surface area (Å²) in [5.41, 5.74) is 13.0. The Balaban J connectivity index is 1.19. The number of benzene rings is 7. The van der Waals surface area contributed by atoms with E-state index in [4.69, 9.17) is 9.97 Å². The van der Waals surface area contributed by atoms with Crippen LogP contribution in [0, 0.1) is 0 Å². The van der Waals surface area contributed by atoms with Gasteiger partial charge in [-0.25, -0.2) is 9.97 Å². The van der Waals surface area contributed by atoms with Gasteiger partial charge in [0.15, 0.2) is 5.82 Å². The molecule has 0 bridgehead atoms. The average Bonchev–Trinajstić information content (AvgIpc) is 3.29. The molecule has 10 aromatic rings. The predicted molar refractivity (Wildman–Crippen MR) is 231 cm³/mol. The fraction of sp³-hybridized carbons (Fsp3) is 0. The number of pyridine rings is 2. The van der Waals surface area contributed by atoms with Gasteiger partial charge in [-0.15, -0.1) is 0 Å². The molecule has 4 nitrogen and oxygen atoms in total. The van der Waals surface area contributed by atoms with Crippen LogP contribution in [0.1, 0.15) is 0 Å². The van der Waals surface area contributed by atoms with Crippen LogP contribution in [0.15, 0.2) is 207 Å². The van der Waals surface area contributed by atoms with Crippen LogP contribution in [0.3, 0.4) is 0 Å². The van der Waals surface area contributed by atoms with Crippen LogP contribution >= 0.6 is 0 Å². The van der Waals surface area contributed by atoms with E-state index in [0.717, 1.165) is 72.8 Å². The van der Waals surface area contributed by atoms with Crippen molar-refractivity contribution in [2.75, 3.05) is 0 Å². The first kappa shape index (κ1) is 33.0. The van der Waals surface area contributed by atoms with Crippen molar-refractivity contribution in [3.8, 4) is 78.7 Å². The molecule has 0 fully saturated rings. The molecule has 0 aliphatic rings. The van der Waals surface area contributed by atoms with Gasteiger partial charge in [-0.1, -0.05) is 121 Å². The van der Waals surface area contributed by atoms with Crippen LogP contribution in [0.25, 0.3) is 100 Å². The maximum Gasteiger partial charge on any atom is 0.160 e. The van der Waals surface area contributed by atoms with E-state index in [9.17, 15) is 0 Å². The zero-order chi connectivity index (χ0) is 37.3. The maximum absolute atomic E-state index is 5.34. The number of hydrogen-bond acceptors (Lipinski definition) is 4. The fourth-order valence-corrected chi connectivity index (χ4v) is 7.44. The quantitative estimate of drug-likeness (QED) is 0.165. The molecule has 4 heteroatoms. The van der Waals surface area contributed by atoms with E-state index in [2.05, 4.69) is 168 Å². The lowest BCUT2D eigenvalue weighted by molar-refractivity contribution is 1.18. The summed E-state index contributed by atoms with van der Waals surface area (Å²) in [4.78, 5) is 20.0. The van der Waals surface area contributed by atoms with Gasteiger partial charge in [-0.05, 0) is 117 Å². The zero-order valence-electron chi connectivity index (χ0n) is 30.4. The zero-order valence-corrected chi connectivity index (χ0v) is 30.4. The SMILES string of the molecule is c1ccc(-c2cccc(-c3cc(-c4cccc(-c5ccccn5)c4)cc(-c4nc(-c5ccc6ccccc6c5)cc(-c5ccc6ccccc6c5)n4)c3)c2)nc1. The average molecular weight is 715 g/mol. The molecule has 0 aliphatic heterocycles. The van der Waals surface area contributed by atoms with Crippen LogP contribution in [0.4, 0.5) is 0 Å². The summed E-state index contributed by atoms with van der Waals surface area (Å²) < 4.78 is 0. The lowest BCUT2D eigenvalue weighted by Crippen LogP contribution is -1.97. The number of fused-ring (bicyclic) bond motifs is 2. The normalized spacial score (nSPS) is 11.2. The van der Waals surface area contributed by atoms with Crippen LogP contribution in [0.5, 0.6) is 0 Å². The molecule has 0 radical (unpaired) electrons. The van der Waals surface area contributed by atoms with Crippen LogP contribution in [-0.4, -0.2) is 19.9 Å². The summed E-state index contributed by atoms with van der Waals surface area (Å²) in [5, 5.41) is 4.72. The maximum atomic E-state index is 5.34. The molecule has 7 aromatic carbocycles. The van der Waals surface area contributed by atoms with E-state index in [-0.39, 0.29) is 0 Å². The third-order valence-corrected chi connectivity index (χ3v) is 10.3. The van der Waals surface area contributed by atoms with Gasteiger partial charge in [0.05, 0.1) is 22.8 Å². The van der Waals surface area contributed by atoms with Crippen LogP contribution in [0.2, 0.25) is 0 Å². The standard InChI is InChI=1S/C52H34N4/c1-3-13-37-27-43(23-21-35(37)11-1)50-34-51(44-24-22-36-12-2-4-14-38(36)28-44)56-52(55-50)47-32-45(39-15-9-17-41(29-39)48-19-5-7-25-53-48)31-46(33-47)40-16-10-18-42(30-40)49-20-6-8-26-54-49/h1-34H. The minimum Gasteiger partial charge on any atom is -0.256 e. The molecule has 0 saturated heterocycles. The van der Waals surface area contributed by atoms with Gasteiger partial charge >= 0.3 is 0 Å². The minimum absolute atomic E-state index is 0.656. The van der Waals surface area contributed by atoms with Crippen molar-refractivity contribution in [1.82, 2.24) is 19.9 Å². The molecule has 0 saturated carbocycles. The largest absolute Gasteiger partial charge is 0.256 e. The van der Waals surface area contributed by atoms with Gasteiger partial charge in [-0.2, -0.15) is 0 Å². The summed E-state index contributed by atoms with van der Waals surface area (Å²) in [6, 6.07) is 68.0. The Morgan fingerprint density at radius 2 is 0.643 bits per heavy atom. The molecule has 3 aromatic heterocycles.